The first-order valence-electron chi connectivity index (χ1n) is 9.49. The monoisotopic (exact) mass is 396 g/mol. The SMILES string of the molecule is CN=C(NCCc1cc(C)ccc1OC)NCCS(=O)(=O)NCC1CCC1. The summed E-state index contributed by atoms with van der Waals surface area (Å²) in [5.74, 6) is 2.01. The summed E-state index contributed by atoms with van der Waals surface area (Å²) in [6.45, 7) is 3.60. The molecular weight excluding hydrogens is 364 g/mol. The normalized spacial score (nSPS) is 15.3. The molecule has 1 fully saturated rings. The number of ether oxygens (including phenoxy) is 1. The van der Waals surface area contributed by atoms with Crippen LogP contribution in [0.25, 0.3) is 0 Å². The predicted molar refractivity (Wildman–Crippen MR) is 110 cm³/mol. The van der Waals surface area contributed by atoms with E-state index < -0.39 is 10.0 Å². The Morgan fingerprint density at radius 1 is 1.26 bits per heavy atom. The van der Waals surface area contributed by atoms with Gasteiger partial charge in [0, 0.05) is 26.7 Å². The summed E-state index contributed by atoms with van der Waals surface area (Å²) in [7, 11) is 0.0949. The molecule has 8 heteroatoms. The van der Waals surface area contributed by atoms with Crippen LogP contribution in [0.5, 0.6) is 5.75 Å². The Labute approximate surface area is 163 Å². The molecule has 1 aliphatic carbocycles. The lowest BCUT2D eigenvalue weighted by Crippen LogP contribution is -2.42. The van der Waals surface area contributed by atoms with Crippen LogP contribution in [0.4, 0.5) is 0 Å². The van der Waals surface area contributed by atoms with E-state index in [9.17, 15) is 8.42 Å². The largest absolute Gasteiger partial charge is 0.496 e. The summed E-state index contributed by atoms with van der Waals surface area (Å²) in [6.07, 6.45) is 4.25. The third-order valence-electron chi connectivity index (χ3n) is 4.83. The summed E-state index contributed by atoms with van der Waals surface area (Å²) < 4.78 is 32.1. The van der Waals surface area contributed by atoms with Crippen molar-refractivity contribution in [2.24, 2.45) is 10.9 Å². The molecule has 0 heterocycles. The number of nitrogens with one attached hydrogen (secondary N) is 3. The van der Waals surface area contributed by atoms with Crippen LogP contribution < -0.4 is 20.1 Å². The van der Waals surface area contributed by atoms with Crippen molar-refractivity contribution in [1.29, 1.82) is 0 Å². The second kappa shape index (κ2) is 10.5. The van der Waals surface area contributed by atoms with Crippen LogP contribution in [0.2, 0.25) is 0 Å². The molecule has 7 nitrogen and oxygen atoms in total. The molecule has 0 aromatic heterocycles. The molecule has 0 aliphatic heterocycles. The number of methoxy groups -OCH3 is 1. The lowest BCUT2D eigenvalue weighted by molar-refractivity contribution is 0.316. The number of aryl methyl sites for hydroxylation is 1. The van der Waals surface area contributed by atoms with Crippen LogP contribution in [0, 0.1) is 12.8 Å². The Morgan fingerprint density at radius 2 is 2.00 bits per heavy atom. The van der Waals surface area contributed by atoms with Crippen LogP contribution >= 0.6 is 0 Å². The Morgan fingerprint density at radius 3 is 2.63 bits per heavy atom. The molecule has 1 aromatic carbocycles. The molecule has 1 saturated carbocycles. The van der Waals surface area contributed by atoms with Gasteiger partial charge in [-0.1, -0.05) is 24.1 Å². The summed E-state index contributed by atoms with van der Waals surface area (Å²) >= 11 is 0. The van der Waals surface area contributed by atoms with Crippen molar-refractivity contribution in [3.05, 3.63) is 29.3 Å². The second-order valence-corrected chi connectivity index (χ2v) is 8.88. The molecule has 0 amide bonds. The van der Waals surface area contributed by atoms with Gasteiger partial charge >= 0.3 is 0 Å². The first kappa shape index (κ1) is 21.5. The predicted octanol–water partition coefficient (Wildman–Crippen LogP) is 1.43. The molecule has 27 heavy (non-hydrogen) atoms. The van der Waals surface area contributed by atoms with Crippen molar-refractivity contribution in [3.8, 4) is 5.75 Å². The maximum absolute atomic E-state index is 12.0. The highest BCUT2D eigenvalue weighted by molar-refractivity contribution is 7.89. The van der Waals surface area contributed by atoms with E-state index >= 15 is 0 Å². The van der Waals surface area contributed by atoms with Gasteiger partial charge in [0.1, 0.15) is 5.75 Å². The molecule has 3 N–H and O–H groups in total. The Kier molecular flexibility index (Phi) is 8.37. The first-order valence-corrected chi connectivity index (χ1v) is 11.1. The van der Waals surface area contributed by atoms with E-state index in [0.717, 1.165) is 30.6 Å². The van der Waals surface area contributed by atoms with E-state index in [4.69, 9.17) is 4.74 Å². The number of nitrogens with zero attached hydrogens (tertiary/aromatic N) is 1. The van der Waals surface area contributed by atoms with E-state index in [2.05, 4.69) is 33.3 Å². The number of benzene rings is 1. The third kappa shape index (κ3) is 7.38. The van der Waals surface area contributed by atoms with Gasteiger partial charge in [-0.15, -0.1) is 0 Å². The molecule has 0 spiro atoms. The maximum atomic E-state index is 12.0. The Balaban J connectivity index is 1.70. The van der Waals surface area contributed by atoms with Crippen molar-refractivity contribution in [2.75, 3.05) is 39.5 Å². The molecular formula is C19H32N4O3S. The molecule has 0 atom stereocenters. The lowest BCUT2D eigenvalue weighted by Gasteiger charge is -2.25. The van der Waals surface area contributed by atoms with Gasteiger partial charge in [0.15, 0.2) is 5.96 Å². The average Bonchev–Trinajstić information content (AvgIpc) is 2.59. The fraction of sp³-hybridized carbons (Fsp3) is 0.632. The minimum Gasteiger partial charge on any atom is -0.496 e. The zero-order valence-electron chi connectivity index (χ0n) is 16.5. The highest BCUT2D eigenvalue weighted by Gasteiger charge is 2.20. The molecule has 0 bridgehead atoms. The van der Waals surface area contributed by atoms with Gasteiger partial charge in [0.05, 0.1) is 12.9 Å². The highest BCUT2D eigenvalue weighted by atomic mass is 32.2. The topological polar surface area (TPSA) is 91.8 Å². The van der Waals surface area contributed by atoms with Crippen molar-refractivity contribution < 1.29 is 13.2 Å². The summed E-state index contributed by atoms with van der Waals surface area (Å²) in [5.41, 5.74) is 2.32. The van der Waals surface area contributed by atoms with E-state index in [1.54, 1.807) is 14.2 Å². The van der Waals surface area contributed by atoms with E-state index in [1.165, 1.54) is 12.0 Å². The van der Waals surface area contributed by atoms with Crippen molar-refractivity contribution in [2.45, 2.75) is 32.6 Å². The van der Waals surface area contributed by atoms with Crippen molar-refractivity contribution in [3.63, 3.8) is 0 Å². The lowest BCUT2D eigenvalue weighted by atomic mass is 9.86. The van der Waals surface area contributed by atoms with Crippen LogP contribution in [0.3, 0.4) is 0 Å². The van der Waals surface area contributed by atoms with Gasteiger partial charge in [-0.25, -0.2) is 13.1 Å². The number of rotatable bonds is 10. The van der Waals surface area contributed by atoms with Crippen molar-refractivity contribution >= 4 is 16.0 Å². The van der Waals surface area contributed by atoms with E-state index in [1.807, 2.05) is 12.1 Å². The molecule has 152 valence electrons. The number of sulfonamides is 1. The quantitative estimate of drug-likeness (QED) is 0.411. The minimum atomic E-state index is -3.25. The minimum absolute atomic E-state index is 0.0339. The summed E-state index contributed by atoms with van der Waals surface area (Å²) in [5, 5.41) is 6.27. The molecule has 0 radical (unpaired) electrons. The van der Waals surface area contributed by atoms with Gasteiger partial charge < -0.3 is 15.4 Å². The van der Waals surface area contributed by atoms with Gasteiger partial charge in [0.25, 0.3) is 0 Å². The molecule has 0 unspecified atom stereocenters. The van der Waals surface area contributed by atoms with Crippen molar-refractivity contribution in [1.82, 2.24) is 15.4 Å². The molecule has 1 aliphatic rings. The number of hydrogen-bond acceptors (Lipinski definition) is 4. The number of guanidine groups is 1. The fourth-order valence-corrected chi connectivity index (χ4v) is 3.96. The van der Waals surface area contributed by atoms with Crippen LogP contribution in [0.15, 0.2) is 23.2 Å². The molecule has 1 aromatic rings. The van der Waals surface area contributed by atoms with Gasteiger partial charge in [-0.05, 0) is 43.7 Å². The smallest absolute Gasteiger partial charge is 0.213 e. The zero-order valence-corrected chi connectivity index (χ0v) is 17.4. The Bertz CT molecular complexity index is 730. The highest BCUT2D eigenvalue weighted by Crippen LogP contribution is 2.25. The van der Waals surface area contributed by atoms with Gasteiger partial charge in [0.2, 0.25) is 10.0 Å². The zero-order chi connectivity index (χ0) is 19.7. The van der Waals surface area contributed by atoms with E-state index in [0.29, 0.717) is 31.5 Å². The third-order valence-corrected chi connectivity index (χ3v) is 6.17. The average molecular weight is 397 g/mol. The first-order chi connectivity index (χ1) is 12.9. The van der Waals surface area contributed by atoms with Gasteiger partial charge in [-0.2, -0.15) is 0 Å². The fourth-order valence-electron chi connectivity index (χ4n) is 2.96. The summed E-state index contributed by atoms with van der Waals surface area (Å²) in [6, 6.07) is 6.10. The van der Waals surface area contributed by atoms with Crippen LogP contribution in [-0.4, -0.2) is 53.9 Å². The molecule has 0 saturated heterocycles. The Hall–Kier alpha value is -1.80. The number of hydrogen-bond donors (Lipinski definition) is 3. The van der Waals surface area contributed by atoms with E-state index in [-0.39, 0.29) is 5.75 Å². The van der Waals surface area contributed by atoms with Crippen LogP contribution in [0.1, 0.15) is 30.4 Å². The summed E-state index contributed by atoms with van der Waals surface area (Å²) in [4.78, 5) is 4.14. The molecule has 2 rings (SSSR count). The van der Waals surface area contributed by atoms with Crippen LogP contribution in [-0.2, 0) is 16.4 Å². The maximum Gasteiger partial charge on any atom is 0.213 e. The van der Waals surface area contributed by atoms with Gasteiger partial charge in [-0.3, -0.25) is 4.99 Å². The second-order valence-electron chi connectivity index (χ2n) is 6.96. The standard InChI is InChI=1S/C19H32N4O3S/c1-15-7-8-18(26-3)17(13-15)9-10-21-19(20-2)22-11-12-27(24,25)23-14-16-5-4-6-16/h7-8,13,16,23H,4-6,9-12,14H2,1-3H3,(H2,20,21,22). The number of aliphatic imine (C=N–C) groups is 1.